The summed E-state index contributed by atoms with van der Waals surface area (Å²) >= 11 is 5.80. The molecule has 0 saturated carbocycles. The van der Waals surface area contributed by atoms with Gasteiger partial charge in [-0.05, 0) is 20.8 Å². The smallest absolute Gasteiger partial charge is 0.410 e. The predicted octanol–water partition coefficient (Wildman–Crippen LogP) is 2.16. The van der Waals surface area contributed by atoms with Gasteiger partial charge in [0.2, 0.25) is 0 Å². The van der Waals surface area contributed by atoms with E-state index in [1.165, 1.54) is 11.1 Å². The Balaban J connectivity index is 1.97. The quantitative estimate of drug-likeness (QED) is 0.841. The van der Waals surface area contributed by atoms with Crippen molar-refractivity contribution < 1.29 is 19.4 Å². The monoisotopic (exact) mass is 313 g/mol. The van der Waals surface area contributed by atoms with Gasteiger partial charge in [-0.15, -0.1) is 0 Å². The second kappa shape index (κ2) is 5.48. The molecule has 2 rings (SSSR count). The molecular formula is C13H16ClN3O4. The molecule has 1 aromatic rings. The summed E-state index contributed by atoms with van der Waals surface area (Å²) in [5.41, 5.74) is -0.672. The van der Waals surface area contributed by atoms with Crippen molar-refractivity contribution in [2.45, 2.75) is 32.3 Å². The average Bonchev–Trinajstić information content (AvgIpc) is 2.23. The first-order valence-electron chi connectivity index (χ1n) is 6.41. The van der Waals surface area contributed by atoms with Crippen LogP contribution in [0.4, 0.5) is 4.79 Å². The highest BCUT2D eigenvalue weighted by molar-refractivity contribution is 6.32. The molecule has 0 bridgehead atoms. The van der Waals surface area contributed by atoms with Crippen LogP contribution in [-0.4, -0.2) is 50.7 Å². The van der Waals surface area contributed by atoms with E-state index in [-0.39, 0.29) is 22.7 Å². The number of likely N-dealkylation sites (tertiary alicyclic amines) is 1. The van der Waals surface area contributed by atoms with Gasteiger partial charge in [-0.3, -0.25) is 0 Å². The number of hydrogen-bond donors (Lipinski definition) is 1. The maximum absolute atomic E-state index is 11.8. The zero-order valence-electron chi connectivity index (χ0n) is 12.0. The van der Waals surface area contributed by atoms with Gasteiger partial charge in [-0.2, -0.15) is 0 Å². The van der Waals surface area contributed by atoms with E-state index in [0.29, 0.717) is 18.9 Å². The van der Waals surface area contributed by atoms with Crippen LogP contribution in [0.1, 0.15) is 42.9 Å². The van der Waals surface area contributed by atoms with Gasteiger partial charge in [0, 0.05) is 19.3 Å². The van der Waals surface area contributed by atoms with Crippen LogP contribution in [0, 0.1) is 0 Å². The number of carbonyl (C=O) groups excluding carboxylic acids is 1. The second-order valence-corrected chi connectivity index (χ2v) is 6.18. The number of carboxylic acids is 1. The SMILES string of the molecule is CC(C)(C)OC(=O)N1CC(c2ncc(C(=O)O)c(Cl)n2)C1. The minimum Gasteiger partial charge on any atom is -0.478 e. The summed E-state index contributed by atoms with van der Waals surface area (Å²) in [6, 6.07) is 0. The third-order valence-corrected chi connectivity index (χ3v) is 3.18. The summed E-state index contributed by atoms with van der Waals surface area (Å²) in [6.07, 6.45) is 0.801. The fourth-order valence-corrected chi connectivity index (χ4v) is 2.05. The van der Waals surface area contributed by atoms with E-state index in [4.69, 9.17) is 21.4 Å². The van der Waals surface area contributed by atoms with Crippen molar-refractivity contribution in [3.05, 3.63) is 22.7 Å². The molecule has 0 atom stereocenters. The molecule has 0 aliphatic carbocycles. The number of halogens is 1. The minimum atomic E-state index is -1.17. The average molecular weight is 314 g/mol. The molecule has 2 heterocycles. The van der Waals surface area contributed by atoms with Gasteiger partial charge in [-0.25, -0.2) is 19.6 Å². The molecule has 1 fully saturated rings. The van der Waals surface area contributed by atoms with Crippen molar-refractivity contribution in [1.82, 2.24) is 14.9 Å². The standard InChI is InChI=1S/C13H16ClN3O4/c1-13(2,3)21-12(20)17-5-7(6-17)10-15-4-8(11(18)19)9(14)16-10/h4,7H,5-6H2,1-3H3,(H,18,19). The zero-order chi connectivity index (χ0) is 15.8. The number of ether oxygens (including phenoxy) is 1. The van der Waals surface area contributed by atoms with Crippen LogP contribution in [0.15, 0.2) is 6.20 Å². The highest BCUT2D eigenvalue weighted by Crippen LogP contribution is 2.27. The van der Waals surface area contributed by atoms with Crippen molar-refractivity contribution >= 4 is 23.7 Å². The Hall–Kier alpha value is -1.89. The normalized spacial score (nSPS) is 15.5. The van der Waals surface area contributed by atoms with Gasteiger partial charge in [0.05, 0.1) is 5.92 Å². The number of carboxylic acid groups (broad SMARTS) is 1. The summed E-state index contributed by atoms with van der Waals surface area (Å²) in [7, 11) is 0. The lowest BCUT2D eigenvalue weighted by atomic mass is 10.00. The number of nitrogens with zero attached hydrogens (tertiary/aromatic N) is 3. The van der Waals surface area contributed by atoms with E-state index in [9.17, 15) is 9.59 Å². The Morgan fingerprint density at radius 3 is 2.52 bits per heavy atom. The number of aromatic carboxylic acids is 1. The largest absolute Gasteiger partial charge is 0.478 e. The number of rotatable bonds is 2. The van der Waals surface area contributed by atoms with E-state index in [0.717, 1.165) is 0 Å². The van der Waals surface area contributed by atoms with Crippen molar-refractivity contribution in [2.75, 3.05) is 13.1 Å². The molecule has 21 heavy (non-hydrogen) atoms. The van der Waals surface area contributed by atoms with E-state index in [2.05, 4.69) is 9.97 Å². The molecule has 1 aliphatic rings. The molecule has 1 N–H and O–H groups in total. The minimum absolute atomic E-state index is 0.0575. The van der Waals surface area contributed by atoms with E-state index in [1.807, 2.05) is 0 Å². The van der Waals surface area contributed by atoms with Crippen molar-refractivity contribution in [2.24, 2.45) is 0 Å². The highest BCUT2D eigenvalue weighted by atomic mass is 35.5. The van der Waals surface area contributed by atoms with Crippen LogP contribution in [0.2, 0.25) is 5.15 Å². The van der Waals surface area contributed by atoms with Gasteiger partial charge in [0.25, 0.3) is 0 Å². The molecule has 1 amide bonds. The molecule has 0 radical (unpaired) electrons. The molecule has 0 spiro atoms. The van der Waals surface area contributed by atoms with Gasteiger partial charge >= 0.3 is 12.1 Å². The fourth-order valence-electron chi connectivity index (χ4n) is 1.83. The van der Waals surface area contributed by atoms with Crippen LogP contribution in [0.5, 0.6) is 0 Å². The molecule has 0 aromatic carbocycles. The van der Waals surface area contributed by atoms with Crippen LogP contribution < -0.4 is 0 Å². The molecule has 1 aliphatic heterocycles. The van der Waals surface area contributed by atoms with Crippen LogP contribution in [0.25, 0.3) is 0 Å². The van der Waals surface area contributed by atoms with Gasteiger partial charge in [0.15, 0.2) is 0 Å². The maximum Gasteiger partial charge on any atom is 0.410 e. The maximum atomic E-state index is 11.8. The Labute approximate surface area is 126 Å². The van der Waals surface area contributed by atoms with Crippen LogP contribution >= 0.6 is 11.6 Å². The Bertz CT molecular complexity index is 579. The first-order valence-corrected chi connectivity index (χ1v) is 6.79. The predicted molar refractivity (Wildman–Crippen MR) is 74.5 cm³/mol. The summed E-state index contributed by atoms with van der Waals surface area (Å²) < 4.78 is 5.24. The first-order chi connectivity index (χ1) is 9.67. The molecule has 1 saturated heterocycles. The molecule has 7 nitrogen and oxygen atoms in total. The third kappa shape index (κ3) is 3.60. The van der Waals surface area contributed by atoms with Gasteiger partial charge in [0.1, 0.15) is 22.1 Å². The highest BCUT2D eigenvalue weighted by Gasteiger charge is 2.36. The van der Waals surface area contributed by atoms with Crippen molar-refractivity contribution in [1.29, 1.82) is 0 Å². The fraction of sp³-hybridized carbons (Fsp3) is 0.538. The molecule has 1 aromatic heterocycles. The van der Waals surface area contributed by atoms with Crippen molar-refractivity contribution in [3.63, 3.8) is 0 Å². The van der Waals surface area contributed by atoms with Crippen LogP contribution in [-0.2, 0) is 4.74 Å². The van der Waals surface area contributed by atoms with E-state index < -0.39 is 11.6 Å². The lowest BCUT2D eigenvalue weighted by Gasteiger charge is -2.38. The molecule has 114 valence electrons. The Morgan fingerprint density at radius 2 is 2.05 bits per heavy atom. The topological polar surface area (TPSA) is 92.6 Å². The van der Waals surface area contributed by atoms with Gasteiger partial charge in [-0.1, -0.05) is 11.6 Å². The molecule has 8 heteroatoms. The lowest BCUT2D eigenvalue weighted by Crippen LogP contribution is -2.50. The lowest BCUT2D eigenvalue weighted by molar-refractivity contribution is 0.00752. The van der Waals surface area contributed by atoms with Gasteiger partial charge < -0.3 is 14.7 Å². The summed E-state index contributed by atoms with van der Waals surface area (Å²) in [4.78, 5) is 32.1. The molecular weight excluding hydrogens is 298 g/mol. The second-order valence-electron chi connectivity index (χ2n) is 5.82. The summed E-state index contributed by atoms with van der Waals surface area (Å²) in [6.45, 7) is 6.26. The van der Waals surface area contributed by atoms with Crippen molar-refractivity contribution in [3.8, 4) is 0 Å². The summed E-state index contributed by atoms with van der Waals surface area (Å²) in [5, 5.41) is 8.76. The first kappa shape index (κ1) is 15.5. The Kier molecular flexibility index (Phi) is 4.04. The van der Waals surface area contributed by atoms with Crippen LogP contribution in [0.3, 0.4) is 0 Å². The van der Waals surface area contributed by atoms with E-state index in [1.54, 1.807) is 20.8 Å². The van der Waals surface area contributed by atoms with E-state index >= 15 is 0 Å². The number of hydrogen-bond acceptors (Lipinski definition) is 5. The number of carbonyl (C=O) groups is 2. The number of aromatic nitrogens is 2. The third-order valence-electron chi connectivity index (χ3n) is 2.89. The Morgan fingerprint density at radius 1 is 1.43 bits per heavy atom. The summed E-state index contributed by atoms with van der Waals surface area (Å²) in [5.74, 6) is -0.793. The number of amides is 1. The zero-order valence-corrected chi connectivity index (χ0v) is 12.7. The molecule has 0 unspecified atom stereocenters.